The van der Waals surface area contributed by atoms with Crippen molar-refractivity contribution >= 4 is 11.6 Å². The second-order valence-corrected chi connectivity index (χ2v) is 3.59. The van der Waals surface area contributed by atoms with E-state index < -0.39 is 11.0 Å². The number of aromatic nitrogens is 1. The molecule has 0 aliphatic carbocycles. The number of nitrogens with one attached hydrogen (secondary N) is 1. The summed E-state index contributed by atoms with van der Waals surface area (Å²) in [5.74, 6) is -0.174. The summed E-state index contributed by atoms with van der Waals surface area (Å²) in [5.41, 5.74) is 0.586. The molecule has 0 bridgehead atoms. The molecular weight excluding hydrogens is 232 g/mol. The normalized spacial score (nSPS) is 11.9. The van der Waals surface area contributed by atoms with Crippen LogP contribution in [0, 0.1) is 5.21 Å². The van der Waals surface area contributed by atoms with Gasteiger partial charge < -0.3 is 9.94 Å². The highest BCUT2D eigenvalue weighted by molar-refractivity contribution is 5.88. The Labute approximate surface area is 104 Å². The van der Waals surface area contributed by atoms with Gasteiger partial charge in [-0.3, -0.25) is 10.0 Å². The molecule has 5 heteroatoms. The van der Waals surface area contributed by atoms with E-state index >= 15 is 0 Å². The number of methoxy groups -OCH3 is 1. The van der Waals surface area contributed by atoms with Gasteiger partial charge in [0.2, 0.25) is 0 Å². The summed E-state index contributed by atoms with van der Waals surface area (Å²) in [6, 6.07) is 9.67. The first-order chi connectivity index (χ1) is 8.74. The number of carbonyl (C=O) groups is 1. The lowest BCUT2D eigenvalue weighted by Gasteiger charge is -2.20. The Kier molecular flexibility index (Phi) is 3.66. The van der Waals surface area contributed by atoms with E-state index in [1.807, 2.05) is 0 Å². The molecule has 1 aromatic heterocycles. The third-order valence-corrected chi connectivity index (χ3v) is 2.50. The molecule has 92 valence electrons. The number of hydroxylamine groups is 1. The van der Waals surface area contributed by atoms with Crippen LogP contribution in [0.4, 0.5) is 5.69 Å². The lowest BCUT2D eigenvalue weighted by atomic mass is 10.2. The summed E-state index contributed by atoms with van der Waals surface area (Å²) < 4.78 is 5.07. The maximum atomic E-state index is 12.1. The van der Waals surface area contributed by atoms with Crippen LogP contribution in [0.5, 0.6) is 5.75 Å². The summed E-state index contributed by atoms with van der Waals surface area (Å²) in [5, 5.41) is 11.5. The Bertz CT molecular complexity index is 543. The SMILES string of the molecule is COc1ccccc1[NH+]([O-])C(=O)c1ccncc1. The van der Waals surface area contributed by atoms with Crippen LogP contribution in [-0.4, -0.2) is 18.0 Å². The Morgan fingerprint density at radius 3 is 2.56 bits per heavy atom. The highest BCUT2D eigenvalue weighted by Crippen LogP contribution is 2.19. The molecule has 1 unspecified atom stereocenters. The van der Waals surface area contributed by atoms with E-state index in [-0.39, 0.29) is 5.69 Å². The molecule has 5 nitrogen and oxygen atoms in total. The smallest absolute Gasteiger partial charge is 0.349 e. The topological polar surface area (TPSA) is 66.7 Å². The first-order valence-corrected chi connectivity index (χ1v) is 5.36. The molecule has 2 rings (SSSR count). The van der Waals surface area contributed by atoms with Crippen LogP contribution in [0.1, 0.15) is 10.4 Å². The highest BCUT2D eigenvalue weighted by atomic mass is 16.5. The predicted molar refractivity (Wildman–Crippen MR) is 65.6 cm³/mol. The van der Waals surface area contributed by atoms with Gasteiger partial charge in [0, 0.05) is 18.5 Å². The Balaban J connectivity index is 2.31. The van der Waals surface area contributed by atoms with E-state index in [4.69, 9.17) is 4.74 Å². The molecule has 0 saturated heterocycles. The van der Waals surface area contributed by atoms with Crippen molar-refractivity contribution < 1.29 is 14.6 Å². The number of hydrogen-bond acceptors (Lipinski definition) is 4. The van der Waals surface area contributed by atoms with Crippen molar-refractivity contribution in [3.8, 4) is 5.75 Å². The van der Waals surface area contributed by atoms with Crippen LogP contribution in [0.25, 0.3) is 0 Å². The number of amides is 1. The fourth-order valence-electron chi connectivity index (χ4n) is 1.59. The van der Waals surface area contributed by atoms with Crippen LogP contribution in [-0.2, 0) is 0 Å². The van der Waals surface area contributed by atoms with Gasteiger partial charge in [-0.2, -0.15) is 0 Å². The molecule has 1 aromatic carbocycles. The van der Waals surface area contributed by atoms with Gasteiger partial charge in [-0.25, -0.2) is 4.79 Å². The predicted octanol–water partition coefficient (Wildman–Crippen LogP) is 0.945. The molecule has 0 saturated carbocycles. The van der Waals surface area contributed by atoms with Crippen LogP contribution in [0.3, 0.4) is 0 Å². The van der Waals surface area contributed by atoms with Crippen molar-refractivity contribution in [1.82, 2.24) is 4.98 Å². The molecule has 0 radical (unpaired) electrons. The van der Waals surface area contributed by atoms with Crippen molar-refractivity contribution in [3.05, 3.63) is 59.6 Å². The van der Waals surface area contributed by atoms with Gasteiger partial charge in [0.15, 0.2) is 11.4 Å². The molecule has 2 aromatic rings. The minimum absolute atomic E-state index is 0.266. The maximum Gasteiger partial charge on any atom is 0.349 e. The van der Waals surface area contributed by atoms with Gasteiger partial charge in [0.25, 0.3) is 0 Å². The largest absolute Gasteiger partial charge is 0.621 e. The van der Waals surface area contributed by atoms with E-state index in [9.17, 15) is 10.0 Å². The van der Waals surface area contributed by atoms with Crippen molar-refractivity contribution in [1.29, 1.82) is 0 Å². The summed E-state index contributed by atoms with van der Waals surface area (Å²) >= 11 is 0. The molecule has 0 fully saturated rings. The third-order valence-electron chi connectivity index (χ3n) is 2.50. The van der Waals surface area contributed by atoms with E-state index in [0.717, 1.165) is 0 Å². The van der Waals surface area contributed by atoms with Crippen LogP contribution >= 0.6 is 0 Å². The Hall–Kier alpha value is -2.24. The van der Waals surface area contributed by atoms with Crippen molar-refractivity contribution in [2.45, 2.75) is 0 Å². The number of ether oxygens (including phenoxy) is 1. The fourth-order valence-corrected chi connectivity index (χ4v) is 1.59. The van der Waals surface area contributed by atoms with Gasteiger partial charge in [-0.1, -0.05) is 12.1 Å². The molecule has 1 N–H and O–H groups in total. The molecule has 18 heavy (non-hydrogen) atoms. The lowest BCUT2D eigenvalue weighted by molar-refractivity contribution is -0.679. The van der Waals surface area contributed by atoms with Gasteiger partial charge in [0.05, 0.1) is 12.7 Å². The number of hydrogen-bond donors (Lipinski definition) is 1. The molecule has 0 spiro atoms. The molecule has 1 atom stereocenters. The number of rotatable bonds is 3. The van der Waals surface area contributed by atoms with Crippen LogP contribution < -0.4 is 9.80 Å². The van der Waals surface area contributed by atoms with Crippen LogP contribution in [0.2, 0.25) is 0 Å². The molecular formula is C13H12N2O3. The summed E-state index contributed by atoms with van der Waals surface area (Å²) in [4.78, 5) is 15.8. The van der Waals surface area contributed by atoms with Gasteiger partial charge in [0.1, 0.15) is 0 Å². The average molecular weight is 244 g/mol. The summed E-state index contributed by atoms with van der Waals surface area (Å²) in [6.07, 6.45) is 2.95. The maximum absolute atomic E-state index is 12.1. The number of quaternary nitrogens is 1. The first-order valence-electron chi connectivity index (χ1n) is 5.36. The van der Waals surface area contributed by atoms with Gasteiger partial charge >= 0.3 is 5.91 Å². The van der Waals surface area contributed by atoms with E-state index in [1.54, 1.807) is 24.3 Å². The van der Waals surface area contributed by atoms with E-state index in [0.29, 0.717) is 11.3 Å². The number of carbonyl (C=O) groups excluding carboxylic acids is 1. The minimum atomic E-state index is -0.585. The number of para-hydroxylation sites is 2. The summed E-state index contributed by atoms with van der Waals surface area (Å²) in [7, 11) is 1.46. The zero-order valence-electron chi connectivity index (χ0n) is 9.79. The minimum Gasteiger partial charge on any atom is -0.621 e. The third kappa shape index (κ3) is 2.37. The highest BCUT2D eigenvalue weighted by Gasteiger charge is 2.19. The van der Waals surface area contributed by atoms with Gasteiger partial charge in [-0.15, -0.1) is 0 Å². The second-order valence-electron chi connectivity index (χ2n) is 3.59. The quantitative estimate of drug-likeness (QED) is 0.816. The first kappa shape index (κ1) is 12.2. The van der Waals surface area contributed by atoms with Crippen LogP contribution in [0.15, 0.2) is 48.8 Å². The van der Waals surface area contributed by atoms with Crippen molar-refractivity contribution in [3.63, 3.8) is 0 Å². The van der Waals surface area contributed by atoms with Gasteiger partial charge in [-0.05, 0) is 18.2 Å². The van der Waals surface area contributed by atoms with Crippen molar-refractivity contribution in [2.24, 2.45) is 0 Å². The molecule has 0 aliphatic heterocycles. The monoisotopic (exact) mass is 244 g/mol. The Morgan fingerprint density at radius 2 is 1.89 bits per heavy atom. The zero-order valence-corrected chi connectivity index (χ0v) is 9.79. The van der Waals surface area contributed by atoms with Crippen molar-refractivity contribution in [2.75, 3.05) is 7.11 Å². The number of nitrogens with zero attached hydrogens (tertiary/aromatic N) is 1. The summed E-state index contributed by atoms with van der Waals surface area (Å²) in [6.45, 7) is 0. The zero-order chi connectivity index (χ0) is 13.0. The molecule has 1 amide bonds. The molecule has 0 aliphatic rings. The number of benzene rings is 1. The fraction of sp³-hybridized carbons (Fsp3) is 0.0769. The van der Waals surface area contributed by atoms with E-state index in [1.165, 1.54) is 31.6 Å². The lowest BCUT2D eigenvalue weighted by Crippen LogP contribution is -3.05. The average Bonchev–Trinajstić information content (AvgIpc) is 2.46. The Morgan fingerprint density at radius 1 is 1.22 bits per heavy atom. The standard InChI is InChI=1S/C13H12N2O3/c1-18-12-5-3-2-4-11(12)15(17)13(16)10-6-8-14-9-7-10/h2-9,15H,1H3. The van der Waals surface area contributed by atoms with E-state index in [2.05, 4.69) is 4.98 Å². The molecule has 1 heterocycles. The number of pyridine rings is 1. The second kappa shape index (κ2) is 5.39.